The molecule has 5 heteroatoms. The first-order valence-electron chi connectivity index (χ1n) is 8.85. The summed E-state index contributed by atoms with van der Waals surface area (Å²) >= 11 is 0. The number of nitrogens with zero attached hydrogens (tertiary/aromatic N) is 2. The van der Waals surface area contributed by atoms with Crippen LogP contribution in [0.4, 0.5) is 5.69 Å². The maximum Gasteiger partial charge on any atom is 0.395 e. The van der Waals surface area contributed by atoms with Crippen LogP contribution in [-0.2, 0) is 11.0 Å². The third-order valence-corrected chi connectivity index (χ3v) is 4.68. The summed E-state index contributed by atoms with van der Waals surface area (Å²) in [5.74, 6) is 0.582. The van der Waals surface area contributed by atoms with E-state index in [0.717, 1.165) is 37.2 Å². The topological polar surface area (TPSA) is 41.9 Å². The molecule has 2 aromatic rings. The molecule has 0 bridgehead atoms. The molecule has 1 heterocycles. The Morgan fingerprint density at radius 1 is 1.16 bits per heavy atom. The van der Waals surface area contributed by atoms with E-state index in [9.17, 15) is 4.57 Å². The SMILES string of the molecule is CCCCc1ccc(C2=NN(c3ccccc3OP=O)CCC2)cc1. The maximum absolute atomic E-state index is 10.8. The van der Waals surface area contributed by atoms with Crippen molar-refractivity contribution < 1.29 is 9.09 Å². The lowest BCUT2D eigenvalue weighted by Gasteiger charge is -2.26. The molecule has 0 spiro atoms. The smallest absolute Gasteiger partial charge is 0.395 e. The molecular weight excluding hydrogens is 331 g/mol. The summed E-state index contributed by atoms with van der Waals surface area (Å²) in [6, 6.07) is 16.3. The summed E-state index contributed by atoms with van der Waals surface area (Å²) in [4.78, 5) is 0. The standard InChI is InChI=1S/C20H23N2O2P/c1-2-3-7-16-11-13-17(14-12-16)18-8-6-15-22(21-18)19-9-4-5-10-20(19)24-25-23/h4-5,9-14H,2-3,6-8,15H2,1H3. The lowest BCUT2D eigenvalue weighted by Crippen LogP contribution is -2.26. The number of unbranched alkanes of at least 4 members (excludes halogenated alkanes) is 1. The van der Waals surface area contributed by atoms with Crippen LogP contribution in [0.1, 0.15) is 43.7 Å². The van der Waals surface area contributed by atoms with E-state index in [2.05, 4.69) is 31.2 Å². The van der Waals surface area contributed by atoms with Crippen LogP contribution in [0, 0.1) is 0 Å². The Bertz CT molecular complexity index is 744. The van der Waals surface area contributed by atoms with Crippen LogP contribution >= 0.6 is 8.69 Å². The highest BCUT2D eigenvalue weighted by Gasteiger charge is 2.18. The van der Waals surface area contributed by atoms with E-state index in [4.69, 9.17) is 9.63 Å². The third kappa shape index (κ3) is 4.46. The predicted molar refractivity (Wildman–Crippen MR) is 103 cm³/mol. The molecule has 0 atom stereocenters. The van der Waals surface area contributed by atoms with Crippen molar-refractivity contribution in [3.63, 3.8) is 0 Å². The van der Waals surface area contributed by atoms with Gasteiger partial charge < -0.3 is 4.52 Å². The number of hydrogen-bond acceptors (Lipinski definition) is 4. The normalized spacial score (nSPS) is 14.4. The van der Waals surface area contributed by atoms with Gasteiger partial charge in [-0.15, -0.1) is 0 Å². The van der Waals surface area contributed by atoms with Gasteiger partial charge in [0.2, 0.25) is 0 Å². The van der Waals surface area contributed by atoms with Crippen LogP contribution in [0.15, 0.2) is 53.6 Å². The zero-order valence-electron chi connectivity index (χ0n) is 14.5. The molecule has 0 radical (unpaired) electrons. The van der Waals surface area contributed by atoms with E-state index < -0.39 is 0 Å². The number of hydrogen-bond donors (Lipinski definition) is 0. The van der Waals surface area contributed by atoms with Crippen LogP contribution in [0.5, 0.6) is 5.75 Å². The molecule has 130 valence electrons. The van der Waals surface area contributed by atoms with Gasteiger partial charge in [-0.25, -0.2) is 4.57 Å². The molecule has 25 heavy (non-hydrogen) atoms. The van der Waals surface area contributed by atoms with Crippen LogP contribution in [-0.4, -0.2) is 12.3 Å². The summed E-state index contributed by atoms with van der Waals surface area (Å²) in [7, 11) is -0.351. The van der Waals surface area contributed by atoms with Crippen LogP contribution in [0.2, 0.25) is 0 Å². The van der Waals surface area contributed by atoms with Gasteiger partial charge in [-0.3, -0.25) is 5.01 Å². The summed E-state index contributed by atoms with van der Waals surface area (Å²) in [6.45, 7) is 3.04. The summed E-state index contributed by atoms with van der Waals surface area (Å²) < 4.78 is 16.0. The van der Waals surface area contributed by atoms with Gasteiger partial charge in [0.05, 0.1) is 5.71 Å². The maximum atomic E-state index is 10.8. The Kier molecular flexibility index (Phi) is 6.19. The fraction of sp³-hybridized carbons (Fsp3) is 0.350. The van der Waals surface area contributed by atoms with Gasteiger partial charge >= 0.3 is 8.69 Å². The number of aryl methyl sites for hydroxylation is 1. The molecular formula is C20H23N2O2P. The Morgan fingerprint density at radius 2 is 1.96 bits per heavy atom. The zero-order chi connectivity index (χ0) is 17.5. The molecule has 0 aromatic heterocycles. The Labute approximate surface area is 150 Å². The number of benzene rings is 2. The van der Waals surface area contributed by atoms with Gasteiger partial charge in [0.1, 0.15) is 5.69 Å². The molecule has 1 aliphatic heterocycles. The Balaban J connectivity index is 1.82. The molecule has 0 fully saturated rings. The van der Waals surface area contributed by atoms with Gasteiger partial charge in [-0.05, 0) is 48.9 Å². The molecule has 0 saturated heterocycles. The number of anilines is 1. The summed E-state index contributed by atoms with van der Waals surface area (Å²) in [5, 5.41) is 6.77. The van der Waals surface area contributed by atoms with Crippen molar-refractivity contribution in [2.24, 2.45) is 5.10 Å². The van der Waals surface area contributed by atoms with E-state index in [1.165, 1.54) is 24.0 Å². The largest absolute Gasteiger partial charge is 0.405 e. The van der Waals surface area contributed by atoms with E-state index >= 15 is 0 Å². The van der Waals surface area contributed by atoms with Crippen LogP contribution in [0.25, 0.3) is 0 Å². The minimum Gasteiger partial charge on any atom is -0.405 e. The number of rotatable bonds is 7. The lowest BCUT2D eigenvalue weighted by atomic mass is 10.0. The lowest BCUT2D eigenvalue weighted by molar-refractivity contribution is 0.524. The molecule has 3 rings (SSSR count). The van der Waals surface area contributed by atoms with E-state index in [0.29, 0.717) is 5.75 Å². The highest BCUT2D eigenvalue weighted by molar-refractivity contribution is 7.17. The minimum atomic E-state index is -0.351. The first-order valence-corrected chi connectivity index (χ1v) is 9.58. The fourth-order valence-corrected chi connectivity index (χ4v) is 3.29. The zero-order valence-corrected chi connectivity index (χ0v) is 15.4. The van der Waals surface area contributed by atoms with E-state index in [1.807, 2.05) is 29.3 Å². The van der Waals surface area contributed by atoms with Crippen molar-refractivity contribution >= 4 is 20.1 Å². The van der Waals surface area contributed by atoms with Crippen molar-refractivity contribution in [3.8, 4) is 5.75 Å². The second-order valence-electron chi connectivity index (χ2n) is 6.21. The van der Waals surface area contributed by atoms with Crippen molar-refractivity contribution in [1.82, 2.24) is 0 Å². The molecule has 4 nitrogen and oxygen atoms in total. The van der Waals surface area contributed by atoms with E-state index in [1.54, 1.807) is 0 Å². The first kappa shape index (κ1) is 17.6. The number of hydrazone groups is 1. The second kappa shape index (κ2) is 8.77. The summed E-state index contributed by atoms with van der Waals surface area (Å²) in [5.41, 5.74) is 4.49. The second-order valence-corrected chi connectivity index (χ2v) is 6.54. The van der Waals surface area contributed by atoms with Crippen molar-refractivity contribution in [1.29, 1.82) is 0 Å². The molecule has 0 aliphatic carbocycles. The molecule has 0 N–H and O–H groups in total. The third-order valence-electron chi connectivity index (χ3n) is 4.41. The van der Waals surface area contributed by atoms with Gasteiger partial charge in [0.25, 0.3) is 0 Å². The molecule has 1 aliphatic rings. The monoisotopic (exact) mass is 354 g/mol. The highest BCUT2D eigenvalue weighted by Crippen LogP contribution is 2.32. The van der Waals surface area contributed by atoms with Gasteiger partial charge in [0, 0.05) is 6.54 Å². The number of para-hydroxylation sites is 2. The van der Waals surface area contributed by atoms with Gasteiger partial charge in [-0.1, -0.05) is 49.7 Å². The first-order chi connectivity index (χ1) is 12.3. The van der Waals surface area contributed by atoms with Crippen LogP contribution in [0.3, 0.4) is 0 Å². The van der Waals surface area contributed by atoms with Crippen molar-refractivity contribution in [2.75, 3.05) is 11.6 Å². The fourth-order valence-electron chi connectivity index (χ4n) is 3.05. The van der Waals surface area contributed by atoms with Crippen LogP contribution < -0.4 is 9.53 Å². The molecule has 0 unspecified atom stereocenters. The Morgan fingerprint density at radius 3 is 2.72 bits per heavy atom. The average molecular weight is 354 g/mol. The van der Waals surface area contributed by atoms with E-state index in [-0.39, 0.29) is 8.69 Å². The van der Waals surface area contributed by atoms with Crippen molar-refractivity contribution in [3.05, 3.63) is 59.7 Å². The minimum absolute atomic E-state index is 0.351. The summed E-state index contributed by atoms with van der Waals surface area (Å²) in [6.07, 6.45) is 5.57. The van der Waals surface area contributed by atoms with Crippen molar-refractivity contribution in [2.45, 2.75) is 39.0 Å². The average Bonchev–Trinajstić information content (AvgIpc) is 2.67. The van der Waals surface area contributed by atoms with Gasteiger partial charge in [0.15, 0.2) is 5.75 Å². The molecule has 0 saturated carbocycles. The Hall–Kier alpha value is -2.19. The molecule has 2 aromatic carbocycles. The predicted octanol–water partition coefficient (Wildman–Crippen LogP) is 5.62. The molecule has 0 amide bonds. The highest BCUT2D eigenvalue weighted by atomic mass is 31.1. The quantitative estimate of drug-likeness (QED) is 0.606. The van der Waals surface area contributed by atoms with Gasteiger partial charge in [-0.2, -0.15) is 5.10 Å².